The number of methoxy groups -OCH3 is 2. The fourth-order valence-electron chi connectivity index (χ4n) is 1.77. The van der Waals surface area contributed by atoms with Gasteiger partial charge in [-0.1, -0.05) is 15.9 Å². The second-order valence-corrected chi connectivity index (χ2v) is 5.15. The minimum absolute atomic E-state index is 0.655. The lowest BCUT2D eigenvalue weighted by Crippen LogP contribution is -2.04. The largest absolute Gasteiger partial charge is 0.497 e. The summed E-state index contributed by atoms with van der Waals surface area (Å²) in [5.74, 6) is 0.848. The van der Waals surface area contributed by atoms with Crippen molar-refractivity contribution >= 4 is 21.6 Å². The molecule has 108 valence electrons. The molecule has 0 saturated carbocycles. The van der Waals surface area contributed by atoms with Crippen molar-refractivity contribution in [2.75, 3.05) is 26.1 Å². The Labute approximate surface area is 127 Å². The van der Waals surface area contributed by atoms with Gasteiger partial charge in [0.25, 0.3) is 0 Å². The van der Waals surface area contributed by atoms with Crippen LogP contribution in [0.3, 0.4) is 0 Å². The van der Waals surface area contributed by atoms with Crippen molar-refractivity contribution in [1.29, 1.82) is 0 Å². The van der Waals surface area contributed by atoms with E-state index in [0.29, 0.717) is 13.2 Å². The molecular formula is C14H18BrN3O2. The lowest BCUT2D eigenvalue weighted by molar-refractivity contribution is 0.183. The van der Waals surface area contributed by atoms with Gasteiger partial charge in [0.05, 0.1) is 32.1 Å². The molecule has 0 unspecified atom stereocenters. The number of benzene rings is 1. The highest BCUT2D eigenvalue weighted by molar-refractivity contribution is 9.10. The van der Waals surface area contributed by atoms with E-state index in [1.54, 1.807) is 14.2 Å². The summed E-state index contributed by atoms with van der Waals surface area (Å²) in [6.45, 7) is 2.11. The topological polar surface area (TPSA) is 48.3 Å². The summed E-state index contributed by atoms with van der Waals surface area (Å²) in [5.41, 5.74) is 2.12. The fourth-order valence-corrected chi connectivity index (χ4v) is 2.16. The SMILES string of the molecule is COCCn1cc(NCc2cc(OC)ccc2Br)cn1. The van der Waals surface area contributed by atoms with Gasteiger partial charge in [0, 0.05) is 24.3 Å². The van der Waals surface area contributed by atoms with Crippen LogP contribution in [-0.4, -0.2) is 30.6 Å². The van der Waals surface area contributed by atoms with E-state index >= 15 is 0 Å². The molecule has 0 aliphatic heterocycles. The first-order valence-corrected chi connectivity index (χ1v) is 7.10. The molecule has 1 aromatic heterocycles. The molecule has 1 heterocycles. The quantitative estimate of drug-likeness (QED) is 0.842. The molecule has 0 radical (unpaired) electrons. The standard InChI is InChI=1S/C14H18BrN3O2/c1-19-6-5-18-10-12(9-17-18)16-8-11-7-13(20-2)3-4-14(11)15/h3-4,7,9-10,16H,5-6,8H2,1-2H3. The van der Waals surface area contributed by atoms with Crippen LogP contribution >= 0.6 is 15.9 Å². The van der Waals surface area contributed by atoms with Gasteiger partial charge >= 0.3 is 0 Å². The Balaban J connectivity index is 1.96. The molecule has 0 bridgehead atoms. The van der Waals surface area contributed by atoms with E-state index in [-0.39, 0.29) is 0 Å². The van der Waals surface area contributed by atoms with Crippen molar-refractivity contribution in [3.8, 4) is 5.75 Å². The predicted octanol–water partition coefficient (Wildman–Crippen LogP) is 2.91. The summed E-state index contributed by atoms with van der Waals surface area (Å²) in [5, 5.41) is 7.60. The van der Waals surface area contributed by atoms with E-state index in [2.05, 4.69) is 26.3 Å². The molecule has 1 aromatic carbocycles. The van der Waals surface area contributed by atoms with Gasteiger partial charge in [-0.25, -0.2) is 0 Å². The third-order valence-electron chi connectivity index (χ3n) is 2.89. The van der Waals surface area contributed by atoms with Gasteiger partial charge in [-0.15, -0.1) is 0 Å². The van der Waals surface area contributed by atoms with E-state index in [9.17, 15) is 0 Å². The maximum Gasteiger partial charge on any atom is 0.119 e. The predicted molar refractivity (Wildman–Crippen MR) is 82.1 cm³/mol. The van der Waals surface area contributed by atoms with E-state index < -0.39 is 0 Å². The number of nitrogens with one attached hydrogen (secondary N) is 1. The van der Waals surface area contributed by atoms with E-state index in [1.165, 1.54) is 0 Å². The zero-order chi connectivity index (χ0) is 14.4. The van der Waals surface area contributed by atoms with E-state index in [1.807, 2.05) is 35.3 Å². The van der Waals surface area contributed by atoms with E-state index in [0.717, 1.165) is 28.0 Å². The van der Waals surface area contributed by atoms with Crippen molar-refractivity contribution in [3.05, 3.63) is 40.6 Å². The summed E-state index contributed by atoms with van der Waals surface area (Å²) in [6, 6.07) is 5.92. The zero-order valence-electron chi connectivity index (χ0n) is 11.6. The molecule has 2 aromatic rings. The van der Waals surface area contributed by atoms with E-state index in [4.69, 9.17) is 9.47 Å². The average molecular weight is 340 g/mol. The summed E-state index contributed by atoms with van der Waals surface area (Å²) < 4.78 is 13.2. The Bertz CT molecular complexity index is 557. The zero-order valence-corrected chi connectivity index (χ0v) is 13.2. The molecule has 2 rings (SSSR count). The second kappa shape index (κ2) is 7.31. The smallest absolute Gasteiger partial charge is 0.119 e. The third-order valence-corrected chi connectivity index (χ3v) is 3.67. The van der Waals surface area contributed by atoms with Gasteiger partial charge in [0.15, 0.2) is 0 Å². The summed E-state index contributed by atoms with van der Waals surface area (Å²) in [4.78, 5) is 0. The van der Waals surface area contributed by atoms with Gasteiger partial charge in [0.1, 0.15) is 5.75 Å². The van der Waals surface area contributed by atoms with Crippen LogP contribution in [-0.2, 0) is 17.8 Å². The van der Waals surface area contributed by atoms with Crippen molar-refractivity contribution in [2.45, 2.75) is 13.1 Å². The highest BCUT2D eigenvalue weighted by Gasteiger charge is 2.03. The van der Waals surface area contributed by atoms with Crippen molar-refractivity contribution < 1.29 is 9.47 Å². The number of aromatic nitrogens is 2. The van der Waals surface area contributed by atoms with Crippen molar-refractivity contribution in [3.63, 3.8) is 0 Å². The van der Waals surface area contributed by atoms with Crippen LogP contribution in [0.25, 0.3) is 0 Å². The average Bonchev–Trinajstić information content (AvgIpc) is 2.92. The number of nitrogens with zero attached hydrogens (tertiary/aromatic N) is 2. The molecule has 5 nitrogen and oxygen atoms in total. The minimum Gasteiger partial charge on any atom is -0.497 e. The lowest BCUT2D eigenvalue weighted by atomic mass is 10.2. The Morgan fingerprint density at radius 1 is 1.35 bits per heavy atom. The van der Waals surface area contributed by atoms with Crippen molar-refractivity contribution in [2.24, 2.45) is 0 Å². The Morgan fingerprint density at radius 3 is 2.95 bits per heavy atom. The molecule has 0 atom stereocenters. The van der Waals surface area contributed by atoms with Gasteiger partial charge in [-0.05, 0) is 23.8 Å². The molecule has 0 spiro atoms. The monoisotopic (exact) mass is 339 g/mol. The molecule has 1 N–H and O–H groups in total. The normalized spacial score (nSPS) is 10.6. The third kappa shape index (κ3) is 3.98. The van der Waals surface area contributed by atoms with Gasteiger partial charge in [0.2, 0.25) is 0 Å². The van der Waals surface area contributed by atoms with Crippen LogP contribution in [0, 0.1) is 0 Å². The number of hydrogen-bond acceptors (Lipinski definition) is 4. The van der Waals surface area contributed by atoms with Crippen LogP contribution in [0.1, 0.15) is 5.56 Å². The fraction of sp³-hybridized carbons (Fsp3) is 0.357. The minimum atomic E-state index is 0.655. The van der Waals surface area contributed by atoms with Gasteiger partial charge in [-0.3, -0.25) is 4.68 Å². The number of ether oxygens (including phenoxy) is 2. The summed E-state index contributed by atoms with van der Waals surface area (Å²) in [7, 11) is 3.35. The Kier molecular flexibility index (Phi) is 5.43. The molecule has 0 saturated heterocycles. The molecule has 20 heavy (non-hydrogen) atoms. The van der Waals surface area contributed by atoms with Crippen molar-refractivity contribution in [1.82, 2.24) is 9.78 Å². The molecular weight excluding hydrogens is 322 g/mol. The maximum absolute atomic E-state index is 5.23. The van der Waals surface area contributed by atoms with Crippen LogP contribution in [0.5, 0.6) is 5.75 Å². The Morgan fingerprint density at radius 2 is 2.20 bits per heavy atom. The highest BCUT2D eigenvalue weighted by Crippen LogP contribution is 2.23. The first-order chi connectivity index (χ1) is 9.72. The van der Waals surface area contributed by atoms with Gasteiger partial charge in [-0.2, -0.15) is 5.10 Å². The first-order valence-electron chi connectivity index (χ1n) is 6.30. The molecule has 6 heteroatoms. The van der Waals surface area contributed by atoms with Crippen LogP contribution in [0.2, 0.25) is 0 Å². The van der Waals surface area contributed by atoms with Gasteiger partial charge < -0.3 is 14.8 Å². The molecule has 0 aliphatic carbocycles. The maximum atomic E-state index is 5.23. The van der Waals surface area contributed by atoms with Crippen LogP contribution < -0.4 is 10.1 Å². The van der Waals surface area contributed by atoms with Crippen LogP contribution in [0.4, 0.5) is 5.69 Å². The summed E-state index contributed by atoms with van der Waals surface area (Å²) >= 11 is 3.54. The number of rotatable bonds is 7. The molecule has 0 amide bonds. The molecule has 0 aliphatic rings. The van der Waals surface area contributed by atoms with Crippen LogP contribution in [0.15, 0.2) is 35.1 Å². The summed E-state index contributed by atoms with van der Waals surface area (Å²) in [6.07, 6.45) is 3.77. The number of anilines is 1. The Hall–Kier alpha value is -1.53. The molecule has 0 fully saturated rings. The second-order valence-electron chi connectivity index (χ2n) is 4.30. The number of hydrogen-bond donors (Lipinski definition) is 1. The lowest BCUT2D eigenvalue weighted by Gasteiger charge is -2.08. The first kappa shape index (κ1) is 14.9. The highest BCUT2D eigenvalue weighted by atomic mass is 79.9. The number of halogens is 1.